The number of nitrogens with zero attached hydrogens (tertiary/aromatic N) is 1. The van der Waals surface area contributed by atoms with E-state index in [0.29, 0.717) is 28.2 Å². The number of fused-ring (bicyclic) bond motifs is 2. The van der Waals surface area contributed by atoms with Crippen LogP contribution in [0.3, 0.4) is 0 Å². The van der Waals surface area contributed by atoms with Gasteiger partial charge in [-0.2, -0.15) is 0 Å². The molecule has 0 aliphatic heterocycles. The number of pyridine rings is 1. The Balaban J connectivity index is 1.44. The number of hydrogen-bond acceptors (Lipinski definition) is 3. The van der Waals surface area contributed by atoms with Crippen molar-refractivity contribution in [2.45, 2.75) is 44.7 Å². The van der Waals surface area contributed by atoms with Gasteiger partial charge in [0.1, 0.15) is 5.82 Å². The van der Waals surface area contributed by atoms with E-state index in [1.807, 2.05) is 0 Å². The summed E-state index contributed by atoms with van der Waals surface area (Å²) in [6.07, 6.45) is 6.97. The first-order valence-corrected chi connectivity index (χ1v) is 9.11. The molecule has 6 heteroatoms. The topological polar surface area (TPSA) is 71.1 Å². The maximum atomic E-state index is 13.9. The van der Waals surface area contributed by atoms with Gasteiger partial charge in [-0.1, -0.05) is 0 Å². The number of halogens is 1. The van der Waals surface area contributed by atoms with E-state index in [1.54, 1.807) is 25.4 Å². The van der Waals surface area contributed by atoms with Crippen LogP contribution in [0.4, 0.5) is 4.39 Å². The second-order valence-electron chi connectivity index (χ2n) is 7.58. The molecular formula is C20H22FN3O2. The van der Waals surface area contributed by atoms with E-state index < -0.39 is 5.82 Å². The predicted octanol–water partition coefficient (Wildman–Crippen LogP) is 2.80. The van der Waals surface area contributed by atoms with Crippen LogP contribution in [0.15, 0.2) is 30.6 Å². The van der Waals surface area contributed by atoms with Crippen LogP contribution >= 0.6 is 0 Å². The minimum absolute atomic E-state index is 0.0206. The van der Waals surface area contributed by atoms with E-state index in [9.17, 15) is 14.0 Å². The summed E-state index contributed by atoms with van der Waals surface area (Å²) >= 11 is 0. The number of carbonyl (C=O) groups excluding carboxylic acids is 2. The molecule has 0 spiro atoms. The number of aromatic nitrogens is 1. The van der Waals surface area contributed by atoms with Gasteiger partial charge in [-0.05, 0) is 61.1 Å². The molecule has 2 unspecified atom stereocenters. The quantitative estimate of drug-likeness (QED) is 0.889. The van der Waals surface area contributed by atoms with Crippen LogP contribution in [0.1, 0.15) is 43.0 Å². The van der Waals surface area contributed by atoms with Crippen LogP contribution < -0.4 is 10.6 Å². The Morgan fingerprint density at radius 2 is 1.73 bits per heavy atom. The molecule has 1 heterocycles. The molecule has 2 aromatic rings. The molecule has 4 atom stereocenters. The van der Waals surface area contributed by atoms with Crippen LogP contribution in [-0.4, -0.2) is 28.9 Å². The second kappa shape index (κ2) is 6.67. The third-order valence-corrected chi connectivity index (χ3v) is 5.72. The van der Waals surface area contributed by atoms with Crippen molar-refractivity contribution in [1.29, 1.82) is 0 Å². The van der Waals surface area contributed by atoms with Crippen molar-refractivity contribution in [3.8, 4) is 0 Å². The fraction of sp³-hybridized carbons (Fsp3) is 0.450. The van der Waals surface area contributed by atoms with E-state index in [2.05, 4.69) is 15.6 Å². The Bertz CT molecular complexity index is 855. The maximum absolute atomic E-state index is 13.9. The lowest BCUT2D eigenvalue weighted by atomic mass is 10.0. The van der Waals surface area contributed by atoms with E-state index in [1.165, 1.54) is 12.1 Å². The predicted molar refractivity (Wildman–Crippen MR) is 96.0 cm³/mol. The van der Waals surface area contributed by atoms with E-state index in [-0.39, 0.29) is 23.9 Å². The van der Waals surface area contributed by atoms with Crippen LogP contribution in [0.5, 0.6) is 0 Å². The summed E-state index contributed by atoms with van der Waals surface area (Å²) in [7, 11) is 0. The molecule has 4 rings (SSSR count). The first-order chi connectivity index (χ1) is 12.5. The van der Waals surface area contributed by atoms with E-state index in [4.69, 9.17) is 0 Å². The number of amides is 2. The van der Waals surface area contributed by atoms with Gasteiger partial charge >= 0.3 is 0 Å². The molecular weight excluding hydrogens is 333 g/mol. The summed E-state index contributed by atoms with van der Waals surface area (Å²) in [6, 6.07) is 4.79. The van der Waals surface area contributed by atoms with Crippen molar-refractivity contribution < 1.29 is 14.0 Å². The Morgan fingerprint density at radius 3 is 2.38 bits per heavy atom. The summed E-state index contributed by atoms with van der Waals surface area (Å²) in [5, 5.41) is 7.42. The first kappa shape index (κ1) is 16.9. The standard InChI is InChI=1S/C20H22FN3O2/c1-11(25)23-16-5-12-7-17(8-13(12)6-16)24-20(26)19-9-15(21)4-14-10-22-3-2-18(14)19/h2-4,9-10,12-13,16-17H,5-8H2,1H3,(H,23,25)(H,24,26)/t12-,13+,16?,17?. The lowest BCUT2D eigenvalue weighted by Crippen LogP contribution is -2.35. The highest BCUT2D eigenvalue weighted by Gasteiger charge is 2.42. The zero-order valence-corrected chi connectivity index (χ0v) is 14.7. The lowest BCUT2D eigenvalue weighted by molar-refractivity contribution is -0.119. The maximum Gasteiger partial charge on any atom is 0.252 e. The lowest BCUT2D eigenvalue weighted by Gasteiger charge is -2.17. The number of benzene rings is 1. The molecule has 2 amide bonds. The van der Waals surface area contributed by atoms with Crippen LogP contribution in [0.2, 0.25) is 0 Å². The largest absolute Gasteiger partial charge is 0.354 e. The van der Waals surface area contributed by atoms with E-state index in [0.717, 1.165) is 25.7 Å². The molecule has 0 radical (unpaired) electrons. The first-order valence-electron chi connectivity index (χ1n) is 9.11. The number of rotatable bonds is 3. The molecule has 0 bridgehead atoms. The Hall–Kier alpha value is -2.50. The Labute approximate surface area is 151 Å². The van der Waals surface area contributed by atoms with Crippen molar-refractivity contribution in [3.05, 3.63) is 42.0 Å². The fourth-order valence-electron chi connectivity index (χ4n) is 4.76. The molecule has 5 nitrogen and oxygen atoms in total. The molecule has 0 saturated heterocycles. The van der Waals surface area contributed by atoms with Crippen molar-refractivity contribution in [2.75, 3.05) is 0 Å². The third-order valence-electron chi connectivity index (χ3n) is 5.72. The molecule has 2 fully saturated rings. The molecule has 1 aromatic heterocycles. The molecule has 2 N–H and O–H groups in total. The van der Waals surface area contributed by atoms with Gasteiger partial charge < -0.3 is 10.6 Å². The number of carbonyl (C=O) groups is 2. The fourth-order valence-corrected chi connectivity index (χ4v) is 4.76. The average Bonchev–Trinajstić information content (AvgIpc) is 3.10. The summed E-state index contributed by atoms with van der Waals surface area (Å²) in [5.41, 5.74) is 0.357. The van der Waals surface area contributed by atoms with Crippen LogP contribution in [0, 0.1) is 17.7 Å². The monoisotopic (exact) mass is 355 g/mol. The van der Waals surface area contributed by atoms with Crippen LogP contribution in [0.25, 0.3) is 10.8 Å². The Kier molecular flexibility index (Phi) is 4.34. The van der Waals surface area contributed by atoms with Gasteiger partial charge in [0.05, 0.1) is 5.56 Å². The number of nitrogens with one attached hydrogen (secondary N) is 2. The normalized spacial score (nSPS) is 27.3. The average molecular weight is 355 g/mol. The molecule has 2 aliphatic carbocycles. The highest BCUT2D eigenvalue weighted by molar-refractivity contribution is 6.07. The molecule has 1 aromatic carbocycles. The zero-order valence-electron chi connectivity index (χ0n) is 14.7. The van der Waals surface area contributed by atoms with E-state index >= 15 is 0 Å². The van der Waals surface area contributed by atoms with Gasteiger partial charge in [0, 0.05) is 36.8 Å². The van der Waals surface area contributed by atoms with Crippen molar-refractivity contribution in [3.63, 3.8) is 0 Å². The highest BCUT2D eigenvalue weighted by Crippen LogP contribution is 2.44. The van der Waals surface area contributed by atoms with Gasteiger partial charge in [0.2, 0.25) is 5.91 Å². The number of hydrogen-bond donors (Lipinski definition) is 2. The summed E-state index contributed by atoms with van der Waals surface area (Å²) in [6.45, 7) is 1.55. The SMILES string of the molecule is CC(=O)NC1C[C@@H]2CC(NC(=O)c3cc(F)cc4cnccc34)C[C@@H]2C1. The molecule has 2 saturated carbocycles. The highest BCUT2D eigenvalue weighted by atomic mass is 19.1. The van der Waals surface area contributed by atoms with Crippen molar-refractivity contribution in [2.24, 2.45) is 11.8 Å². The minimum atomic E-state index is -0.433. The molecule has 2 aliphatic rings. The summed E-state index contributed by atoms with van der Waals surface area (Å²) in [5.74, 6) is 0.421. The summed E-state index contributed by atoms with van der Waals surface area (Å²) < 4.78 is 13.9. The van der Waals surface area contributed by atoms with Gasteiger partial charge in [-0.3, -0.25) is 14.6 Å². The summed E-state index contributed by atoms with van der Waals surface area (Å²) in [4.78, 5) is 28.0. The van der Waals surface area contributed by atoms with Crippen molar-refractivity contribution >= 4 is 22.6 Å². The van der Waals surface area contributed by atoms with Gasteiger partial charge in [-0.25, -0.2) is 4.39 Å². The van der Waals surface area contributed by atoms with Gasteiger partial charge in [0.15, 0.2) is 0 Å². The molecule has 136 valence electrons. The Morgan fingerprint density at radius 1 is 1.08 bits per heavy atom. The molecule has 26 heavy (non-hydrogen) atoms. The third kappa shape index (κ3) is 3.28. The second-order valence-corrected chi connectivity index (χ2v) is 7.58. The smallest absolute Gasteiger partial charge is 0.252 e. The zero-order chi connectivity index (χ0) is 18.3. The van der Waals surface area contributed by atoms with Crippen LogP contribution in [-0.2, 0) is 4.79 Å². The van der Waals surface area contributed by atoms with Gasteiger partial charge in [-0.15, -0.1) is 0 Å². The minimum Gasteiger partial charge on any atom is -0.354 e. The van der Waals surface area contributed by atoms with Gasteiger partial charge in [0.25, 0.3) is 5.91 Å². The van der Waals surface area contributed by atoms with Crippen molar-refractivity contribution in [1.82, 2.24) is 15.6 Å².